The predicted octanol–water partition coefficient (Wildman–Crippen LogP) is 5.51. The Bertz CT molecular complexity index is 704. The van der Waals surface area contributed by atoms with Gasteiger partial charge < -0.3 is 20.1 Å². The number of hydrogen-bond acceptors (Lipinski definition) is 5. The quantitative estimate of drug-likeness (QED) is 0.216. The number of phenolic OH excluding ortho intramolecular Hbond substituents is 3. The van der Waals surface area contributed by atoms with Crippen molar-refractivity contribution in [1.29, 1.82) is 0 Å². The number of carbonyl (C=O) groups is 1. The van der Waals surface area contributed by atoms with Crippen molar-refractivity contribution >= 4 is 6.47 Å². The van der Waals surface area contributed by atoms with Gasteiger partial charge in [0.15, 0.2) is 11.5 Å². The van der Waals surface area contributed by atoms with Crippen LogP contribution >= 0.6 is 0 Å². The molecule has 162 valence electrons. The van der Waals surface area contributed by atoms with E-state index in [9.17, 15) is 20.1 Å². The second-order valence-corrected chi connectivity index (χ2v) is 9.57. The summed E-state index contributed by atoms with van der Waals surface area (Å²) in [5.41, 5.74) is 1.77. The Balaban J connectivity index is 1.43. The second kappa shape index (κ2) is 9.27. The average Bonchev–Trinajstić information content (AvgIpc) is 3.62. The van der Waals surface area contributed by atoms with E-state index in [0.29, 0.717) is 35.9 Å². The van der Waals surface area contributed by atoms with Gasteiger partial charge in [-0.3, -0.25) is 4.79 Å². The minimum Gasteiger partial charge on any atom is -0.504 e. The van der Waals surface area contributed by atoms with Gasteiger partial charge in [-0.25, -0.2) is 0 Å². The summed E-state index contributed by atoms with van der Waals surface area (Å²) in [7, 11) is 0. The molecule has 0 aliphatic heterocycles. The third kappa shape index (κ3) is 6.03. The Morgan fingerprint density at radius 1 is 0.828 bits per heavy atom. The van der Waals surface area contributed by atoms with Gasteiger partial charge in [-0.2, -0.15) is 0 Å². The third-order valence-corrected chi connectivity index (χ3v) is 6.92. The van der Waals surface area contributed by atoms with Crippen LogP contribution in [0.25, 0.3) is 0 Å². The van der Waals surface area contributed by atoms with E-state index >= 15 is 0 Å². The van der Waals surface area contributed by atoms with E-state index in [1.54, 1.807) is 0 Å². The number of carbonyl (C=O) groups excluding carboxylic acids is 1. The number of benzene rings is 1. The Labute approximate surface area is 174 Å². The molecule has 2 saturated carbocycles. The largest absolute Gasteiger partial charge is 0.504 e. The molecule has 3 rings (SSSR count). The topological polar surface area (TPSA) is 87.0 Å². The first kappa shape index (κ1) is 21.8. The van der Waals surface area contributed by atoms with E-state index < -0.39 is 5.75 Å². The Morgan fingerprint density at radius 2 is 1.38 bits per heavy atom. The Morgan fingerprint density at radius 3 is 1.93 bits per heavy atom. The molecule has 0 bridgehead atoms. The molecule has 1 aromatic rings. The zero-order valence-electron chi connectivity index (χ0n) is 17.7. The normalized spacial score (nSPS) is 18.4. The van der Waals surface area contributed by atoms with Gasteiger partial charge in [-0.1, -0.05) is 26.2 Å². The molecule has 0 radical (unpaired) electrons. The van der Waals surface area contributed by atoms with Crippen LogP contribution < -0.4 is 0 Å². The number of unbranched alkanes of at least 4 members (excludes halogenated alkanes) is 4. The van der Waals surface area contributed by atoms with Gasteiger partial charge >= 0.3 is 0 Å². The van der Waals surface area contributed by atoms with Crippen LogP contribution in [0.15, 0.2) is 6.07 Å². The molecule has 3 N–H and O–H groups in total. The van der Waals surface area contributed by atoms with Gasteiger partial charge in [-0.15, -0.1) is 0 Å². The molecule has 0 spiro atoms. The van der Waals surface area contributed by atoms with Gasteiger partial charge in [0.05, 0.1) is 0 Å². The summed E-state index contributed by atoms with van der Waals surface area (Å²) < 4.78 is 5.16. The maximum absolute atomic E-state index is 10.6. The minimum absolute atomic E-state index is 0.187. The lowest BCUT2D eigenvalue weighted by atomic mass is 9.96. The van der Waals surface area contributed by atoms with Gasteiger partial charge in [0, 0.05) is 0 Å². The number of ether oxygens (including phenoxy) is 1. The van der Waals surface area contributed by atoms with Crippen LogP contribution in [0.3, 0.4) is 0 Å². The lowest BCUT2D eigenvalue weighted by molar-refractivity contribution is -0.135. The summed E-state index contributed by atoms with van der Waals surface area (Å²) in [5, 5.41) is 30.5. The molecule has 0 amide bonds. The maximum Gasteiger partial charge on any atom is 0.293 e. The smallest absolute Gasteiger partial charge is 0.293 e. The molecule has 1 aromatic carbocycles. The first-order valence-electron chi connectivity index (χ1n) is 11.3. The molecule has 2 aliphatic rings. The molecular weight excluding hydrogens is 368 g/mol. The van der Waals surface area contributed by atoms with Crippen molar-refractivity contribution in [1.82, 2.24) is 0 Å². The zero-order valence-corrected chi connectivity index (χ0v) is 17.7. The minimum atomic E-state index is -0.401. The van der Waals surface area contributed by atoms with Crippen molar-refractivity contribution in [2.75, 3.05) is 0 Å². The van der Waals surface area contributed by atoms with Crippen LogP contribution in [0.4, 0.5) is 0 Å². The van der Waals surface area contributed by atoms with Crippen LogP contribution in [0.2, 0.25) is 0 Å². The van der Waals surface area contributed by atoms with E-state index in [-0.39, 0.29) is 17.1 Å². The van der Waals surface area contributed by atoms with Crippen LogP contribution in [-0.2, 0) is 22.4 Å². The van der Waals surface area contributed by atoms with Crippen molar-refractivity contribution in [2.45, 2.75) is 102 Å². The highest BCUT2D eigenvalue weighted by Gasteiger charge is 2.44. The fraction of sp³-hybridized carbons (Fsp3) is 0.708. The summed E-state index contributed by atoms with van der Waals surface area (Å²) in [4.78, 5) is 10.6. The number of hydrogen-bond donors (Lipinski definition) is 3. The van der Waals surface area contributed by atoms with Crippen LogP contribution in [0, 0.1) is 5.41 Å². The SMILES string of the molecule is CC1(CCCCCCc2cc(CCCCC3(OC=O)CC3)c(O)c(O)c2O)CC1. The van der Waals surface area contributed by atoms with E-state index in [2.05, 4.69) is 6.92 Å². The lowest BCUT2D eigenvalue weighted by Gasteiger charge is -2.14. The van der Waals surface area contributed by atoms with E-state index in [1.807, 2.05) is 6.07 Å². The first-order valence-corrected chi connectivity index (χ1v) is 11.3. The van der Waals surface area contributed by atoms with Gasteiger partial charge in [0.2, 0.25) is 5.75 Å². The Hall–Kier alpha value is -1.91. The number of aromatic hydroxyl groups is 3. The summed E-state index contributed by atoms with van der Waals surface area (Å²) in [5.74, 6) is -0.802. The van der Waals surface area contributed by atoms with Gasteiger partial charge in [0.25, 0.3) is 6.47 Å². The number of rotatable bonds is 14. The van der Waals surface area contributed by atoms with Crippen LogP contribution in [0.5, 0.6) is 17.2 Å². The molecule has 2 fully saturated rings. The molecule has 29 heavy (non-hydrogen) atoms. The highest BCUT2D eigenvalue weighted by atomic mass is 16.5. The molecule has 2 aliphatic carbocycles. The summed E-state index contributed by atoms with van der Waals surface area (Å²) in [6.45, 7) is 2.90. The second-order valence-electron chi connectivity index (χ2n) is 9.57. The van der Waals surface area contributed by atoms with Crippen molar-refractivity contribution < 1.29 is 24.9 Å². The molecule has 0 atom stereocenters. The van der Waals surface area contributed by atoms with Crippen LogP contribution in [0.1, 0.15) is 95.1 Å². The van der Waals surface area contributed by atoms with Crippen molar-refractivity contribution in [3.8, 4) is 17.2 Å². The maximum atomic E-state index is 10.6. The molecule has 0 aromatic heterocycles. The van der Waals surface area contributed by atoms with Gasteiger partial charge in [0.1, 0.15) is 5.60 Å². The molecule has 5 heteroatoms. The van der Waals surface area contributed by atoms with E-state index in [4.69, 9.17) is 4.74 Å². The van der Waals surface area contributed by atoms with Gasteiger partial charge in [-0.05, 0) is 93.2 Å². The first-order chi connectivity index (χ1) is 13.9. The predicted molar refractivity (Wildman–Crippen MR) is 112 cm³/mol. The fourth-order valence-electron chi connectivity index (χ4n) is 4.26. The summed E-state index contributed by atoms with van der Waals surface area (Å²) in [6.07, 6.45) is 14.4. The zero-order chi connectivity index (χ0) is 20.9. The molecule has 0 heterocycles. The lowest BCUT2D eigenvalue weighted by Crippen LogP contribution is -2.12. The van der Waals surface area contributed by atoms with Crippen molar-refractivity contribution in [3.05, 3.63) is 17.2 Å². The Kier molecular flexibility index (Phi) is 6.97. The van der Waals surface area contributed by atoms with Crippen molar-refractivity contribution in [2.24, 2.45) is 5.41 Å². The standard InChI is InChI=1S/C24H36O5/c1-23(12-13-23)10-6-3-2-4-8-18-16-19(21(27)22(28)20(18)26)9-5-7-11-24(14-15-24)29-17-25/h16-17,26-28H,2-15H2,1H3. The fourth-order valence-corrected chi connectivity index (χ4v) is 4.26. The highest BCUT2D eigenvalue weighted by molar-refractivity contribution is 5.57. The van der Waals surface area contributed by atoms with Crippen LogP contribution in [-0.4, -0.2) is 27.4 Å². The van der Waals surface area contributed by atoms with E-state index in [0.717, 1.165) is 44.9 Å². The van der Waals surface area contributed by atoms with E-state index in [1.165, 1.54) is 32.1 Å². The molecular formula is C24H36O5. The monoisotopic (exact) mass is 404 g/mol. The number of phenols is 3. The summed E-state index contributed by atoms with van der Waals surface area (Å²) in [6, 6.07) is 1.84. The molecule has 0 saturated heterocycles. The average molecular weight is 405 g/mol. The summed E-state index contributed by atoms with van der Waals surface area (Å²) >= 11 is 0. The number of aryl methyl sites for hydroxylation is 2. The molecule has 5 nitrogen and oxygen atoms in total. The van der Waals surface area contributed by atoms with Crippen molar-refractivity contribution in [3.63, 3.8) is 0 Å². The third-order valence-electron chi connectivity index (χ3n) is 6.92. The highest BCUT2D eigenvalue weighted by Crippen LogP contribution is 2.49. The molecule has 0 unspecified atom stereocenters.